The number of rotatable bonds is 6. The lowest BCUT2D eigenvalue weighted by Gasteiger charge is -2.22. The van der Waals surface area contributed by atoms with E-state index in [0.717, 1.165) is 25.8 Å². The quantitative estimate of drug-likeness (QED) is 0.870. The molecule has 0 radical (unpaired) electrons. The molecule has 0 aliphatic carbocycles. The molecule has 1 fully saturated rings. The zero-order chi connectivity index (χ0) is 13.0. The van der Waals surface area contributed by atoms with Crippen LogP contribution in [0.25, 0.3) is 0 Å². The third kappa shape index (κ3) is 3.80. The topological polar surface area (TPSA) is 46.2 Å². The van der Waals surface area contributed by atoms with Crippen molar-refractivity contribution < 1.29 is 8.42 Å². The van der Waals surface area contributed by atoms with E-state index in [-0.39, 0.29) is 0 Å². The van der Waals surface area contributed by atoms with Crippen LogP contribution in [0, 0.1) is 11.8 Å². The van der Waals surface area contributed by atoms with Gasteiger partial charge in [-0.1, -0.05) is 0 Å². The zero-order valence-electron chi connectivity index (χ0n) is 10.8. The molecule has 18 heavy (non-hydrogen) atoms. The van der Waals surface area contributed by atoms with E-state index in [9.17, 15) is 8.42 Å². The number of hydrogen-bond donors (Lipinski definition) is 1. The van der Waals surface area contributed by atoms with Gasteiger partial charge in [0.2, 0.25) is 0 Å². The van der Waals surface area contributed by atoms with Gasteiger partial charge < -0.3 is 5.32 Å². The molecule has 1 aromatic rings. The first-order valence-electron chi connectivity index (χ1n) is 6.47. The summed E-state index contributed by atoms with van der Waals surface area (Å²) in [6.07, 6.45) is 2.99. The van der Waals surface area contributed by atoms with Crippen LogP contribution in [0.15, 0.2) is 16.8 Å². The molecule has 102 valence electrons. The second-order valence-electron chi connectivity index (χ2n) is 5.15. The Balaban J connectivity index is 1.91. The summed E-state index contributed by atoms with van der Waals surface area (Å²) in [6, 6.07) is 2.16. The maximum absolute atomic E-state index is 11.6. The Hall–Kier alpha value is -0.390. The Morgan fingerprint density at radius 2 is 2.39 bits per heavy atom. The van der Waals surface area contributed by atoms with Crippen LogP contribution in [-0.2, 0) is 16.3 Å². The first-order valence-corrected chi connectivity index (χ1v) is 9.23. The molecule has 1 aromatic heterocycles. The molecular formula is C13H21NO2S2. The van der Waals surface area contributed by atoms with Gasteiger partial charge in [0, 0.05) is 0 Å². The van der Waals surface area contributed by atoms with Crippen LogP contribution in [0.3, 0.4) is 0 Å². The van der Waals surface area contributed by atoms with Gasteiger partial charge in [-0.25, -0.2) is 8.42 Å². The molecular weight excluding hydrogens is 266 g/mol. The van der Waals surface area contributed by atoms with Crippen LogP contribution in [0.1, 0.15) is 18.4 Å². The number of sulfone groups is 1. The van der Waals surface area contributed by atoms with Crippen molar-refractivity contribution in [3.05, 3.63) is 22.4 Å². The highest BCUT2D eigenvalue weighted by atomic mass is 32.2. The van der Waals surface area contributed by atoms with Crippen molar-refractivity contribution in [2.45, 2.75) is 19.3 Å². The standard InChI is InChI=1S/C13H21NO2S2/c1-14-8-12(3-2-11-4-6-17-9-11)13-5-7-18(15,16)10-13/h4,6,9,12-14H,2-3,5,7-8,10H2,1H3. The summed E-state index contributed by atoms with van der Waals surface area (Å²) in [7, 11) is -0.811. The van der Waals surface area contributed by atoms with E-state index in [4.69, 9.17) is 0 Å². The normalized spacial score (nSPS) is 24.2. The van der Waals surface area contributed by atoms with Crippen molar-refractivity contribution in [2.75, 3.05) is 25.1 Å². The fraction of sp³-hybridized carbons (Fsp3) is 0.692. The largest absolute Gasteiger partial charge is 0.319 e. The smallest absolute Gasteiger partial charge is 0.150 e. The highest BCUT2D eigenvalue weighted by molar-refractivity contribution is 7.91. The van der Waals surface area contributed by atoms with Gasteiger partial charge >= 0.3 is 0 Å². The van der Waals surface area contributed by atoms with Gasteiger partial charge in [-0.15, -0.1) is 0 Å². The predicted molar refractivity (Wildman–Crippen MR) is 76.8 cm³/mol. The Kier molecular flexibility index (Phi) is 4.81. The molecule has 2 atom stereocenters. The van der Waals surface area contributed by atoms with E-state index < -0.39 is 9.84 Å². The highest BCUT2D eigenvalue weighted by Gasteiger charge is 2.32. The predicted octanol–water partition coefficient (Wildman–Crippen LogP) is 1.95. The van der Waals surface area contributed by atoms with E-state index in [0.29, 0.717) is 23.3 Å². The average Bonchev–Trinajstić information content (AvgIpc) is 2.93. The van der Waals surface area contributed by atoms with Gasteiger partial charge in [-0.3, -0.25) is 0 Å². The molecule has 0 aromatic carbocycles. The van der Waals surface area contributed by atoms with Crippen molar-refractivity contribution in [3.63, 3.8) is 0 Å². The molecule has 1 aliphatic heterocycles. The minimum atomic E-state index is -2.76. The second kappa shape index (κ2) is 6.17. The maximum Gasteiger partial charge on any atom is 0.150 e. The van der Waals surface area contributed by atoms with Crippen LogP contribution in [0.4, 0.5) is 0 Å². The van der Waals surface area contributed by atoms with Crippen molar-refractivity contribution in [1.29, 1.82) is 0 Å². The van der Waals surface area contributed by atoms with Crippen LogP contribution < -0.4 is 5.32 Å². The van der Waals surface area contributed by atoms with Crippen LogP contribution in [0.2, 0.25) is 0 Å². The lowest BCUT2D eigenvalue weighted by atomic mass is 9.87. The minimum absolute atomic E-state index is 0.348. The zero-order valence-corrected chi connectivity index (χ0v) is 12.4. The van der Waals surface area contributed by atoms with E-state index in [1.807, 2.05) is 7.05 Å². The van der Waals surface area contributed by atoms with Gasteiger partial charge in [0.25, 0.3) is 0 Å². The first-order chi connectivity index (χ1) is 8.61. The van der Waals surface area contributed by atoms with Crippen molar-refractivity contribution >= 4 is 21.2 Å². The second-order valence-corrected chi connectivity index (χ2v) is 8.16. The molecule has 2 unspecified atom stereocenters. The lowest BCUT2D eigenvalue weighted by Crippen LogP contribution is -2.27. The number of aryl methyl sites for hydroxylation is 1. The molecule has 3 nitrogen and oxygen atoms in total. The summed E-state index contributed by atoms with van der Waals surface area (Å²) in [6.45, 7) is 0.921. The summed E-state index contributed by atoms with van der Waals surface area (Å²) >= 11 is 1.73. The number of thiophene rings is 1. The average molecular weight is 287 g/mol. The number of nitrogens with one attached hydrogen (secondary N) is 1. The van der Waals surface area contributed by atoms with Gasteiger partial charge in [0.1, 0.15) is 0 Å². The summed E-state index contributed by atoms with van der Waals surface area (Å²) in [5, 5.41) is 7.49. The number of hydrogen-bond acceptors (Lipinski definition) is 4. The van der Waals surface area contributed by atoms with Gasteiger partial charge in [0.15, 0.2) is 9.84 Å². The van der Waals surface area contributed by atoms with Crippen molar-refractivity contribution in [3.8, 4) is 0 Å². The lowest BCUT2D eigenvalue weighted by molar-refractivity contribution is 0.333. The molecule has 0 amide bonds. The van der Waals surface area contributed by atoms with Crippen LogP contribution >= 0.6 is 11.3 Å². The first kappa shape index (κ1) is 14.0. The molecule has 0 bridgehead atoms. The van der Waals surface area contributed by atoms with Gasteiger partial charge in [-0.2, -0.15) is 11.3 Å². The Morgan fingerprint density at radius 3 is 2.94 bits per heavy atom. The third-order valence-corrected chi connectivity index (χ3v) is 6.31. The Labute approximate surface area is 114 Å². The molecule has 0 saturated carbocycles. The van der Waals surface area contributed by atoms with Crippen LogP contribution in [-0.4, -0.2) is 33.5 Å². The Bertz CT molecular complexity index is 453. The summed E-state index contributed by atoms with van der Waals surface area (Å²) in [5.41, 5.74) is 1.38. The van der Waals surface area contributed by atoms with Gasteiger partial charge in [0.05, 0.1) is 11.5 Å². The third-order valence-electron chi connectivity index (χ3n) is 3.78. The molecule has 2 rings (SSSR count). The molecule has 1 aliphatic rings. The van der Waals surface area contributed by atoms with Crippen molar-refractivity contribution in [2.24, 2.45) is 11.8 Å². The summed E-state index contributed by atoms with van der Waals surface area (Å²) in [4.78, 5) is 0. The van der Waals surface area contributed by atoms with E-state index in [1.165, 1.54) is 5.56 Å². The molecule has 5 heteroatoms. The summed E-state index contributed by atoms with van der Waals surface area (Å²) in [5.74, 6) is 1.60. The van der Waals surface area contributed by atoms with Crippen LogP contribution in [0.5, 0.6) is 0 Å². The van der Waals surface area contributed by atoms with Gasteiger partial charge in [-0.05, 0) is 67.1 Å². The minimum Gasteiger partial charge on any atom is -0.319 e. The monoisotopic (exact) mass is 287 g/mol. The van der Waals surface area contributed by atoms with Crippen molar-refractivity contribution in [1.82, 2.24) is 5.32 Å². The fourth-order valence-electron chi connectivity index (χ4n) is 2.75. The van der Waals surface area contributed by atoms with E-state index in [2.05, 4.69) is 22.1 Å². The maximum atomic E-state index is 11.6. The molecule has 1 N–H and O–H groups in total. The Morgan fingerprint density at radius 1 is 1.56 bits per heavy atom. The summed E-state index contributed by atoms with van der Waals surface area (Å²) < 4.78 is 23.1. The molecule has 0 spiro atoms. The van der Waals surface area contributed by atoms with E-state index >= 15 is 0 Å². The van der Waals surface area contributed by atoms with E-state index in [1.54, 1.807) is 11.3 Å². The highest BCUT2D eigenvalue weighted by Crippen LogP contribution is 2.29. The fourth-order valence-corrected chi connectivity index (χ4v) is 5.37. The SMILES string of the molecule is CNCC(CCc1ccsc1)C1CCS(=O)(=O)C1. The molecule has 1 saturated heterocycles. The molecule has 2 heterocycles.